The molecule has 1 rings (SSSR count). The fourth-order valence-electron chi connectivity index (χ4n) is 1.50. The summed E-state index contributed by atoms with van der Waals surface area (Å²) in [5, 5.41) is 7.29. The van der Waals surface area contributed by atoms with Gasteiger partial charge in [-0.3, -0.25) is 0 Å². The summed E-state index contributed by atoms with van der Waals surface area (Å²) in [5.74, 6) is 0. The molecule has 0 spiro atoms. The van der Waals surface area contributed by atoms with Crippen molar-refractivity contribution in [1.82, 2.24) is 5.32 Å². The molecule has 0 aromatic heterocycles. The van der Waals surface area contributed by atoms with Crippen molar-refractivity contribution in [3.8, 4) is 0 Å². The summed E-state index contributed by atoms with van der Waals surface area (Å²) in [6.45, 7) is 8.59. The first-order valence-corrected chi connectivity index (χ1v) is 6.56. The van der Waals surface area contributed by atoms with E-state index in [4.69, 9.17) is 12.2 Å². The van der Waals surface area contributed by atoms with Crippen molar-refractivity contribution >= 4 is 23.0 Å². The van der Waals surface area contributed by atoms with E-state index in [1.165, 1.54) is 5.56 Å². The molecule has 1 aromatic carbocycles. The molecule has 0 fully saturated rings. The molecule has 0 unspecified atom stereocenters. The fourth-order valence-corrected chi connectivity index (χ4v) is 1.89. The van der Waals surface area contributed by atoms with E-state index in [9.17, 15) is 0 Å². The number of anilines is 1. The van der Waals surface area contributed by atoms with E-state index in [2.05, 4.69) is 56.5 Å². The summed E-state index contributed by atoms with van der Waals surface area (Å²) in [7, 11) is 0. The van der Waals surface area contributed by atoms with Crippen LogP contribution in [0.15, 0.2) is 24.3 Å². The predicted molar refractivity (Wildman–Crippen MR) is 79.5 cm³/mol. The molecule has 0 atom stereocenters. The smallest absolute Gasteiger partial charge is 0.171 e. The van der Waals surface area contributed by atoms with E-state index in [0.29, 0.717) is 5.11 Å². The Hall–Kier alpha value is -1.09. The maximum absolute atomic E-state index is 5.34. The topological polar surface area (TPSA) is 24.1 Å². The quantitative estimate of drug-likeness (QED) is 0.796. The van der Waals surface area contributed by atoms with Gasteiger partial charge in [0.1, 0.15) is 0 Å². The van der Waals surface area contributed by atoms with Gasteiger partial charge in [0.15, 0.2) is 5.11 Å². The molecule has 2 nitrogen and oxygen atoms in total. The Kier molecular flexibility index (Phi) is 4.94. The number of thiocarbonyl (C=S) groups is 1. The molecule has 1 aromatic rings. The Morgan fingerprint density at radius 1 is 1.24 bits per heavy atom. The summed E-state index contributed by atoms with van der Waals surface area (Å²) in [4.78, 5) is 0. The fraction of sp³-hybridized carbons (Fsp3) is 0.500. The summed E-state index contributed by atoms with van der Waals surface area (Å²) >= 11 is 5.34. The number of para-hydroxylation sites is 1. The summed E-state index contributed by atoms with van der Waals surface area (Å²) < 4.78 is 0. The highest BCUT2D eigenvalue weighted by atomic mass is 32.1. The van der Waals surface area contributed by atoms with Crippen LogP contribution in [0.2, 0.25) is 0 Å². The van der Waals surface area contributed by atoms with Crippen LogP contribution in [-0.2, 0) is 6.42 Å². The minimum atomic E-state index is 0.0330. The zero-order valence-corrected chi connectivity index (χ0v) is 11.9. The van der Waals surface area contributed by atoms with Crippen LogP contribution in [0.25, 0.3) is 0 Å². The van der Waals surface area contributed by atoms with Gasteiger partial charge in [0.25, 0.3) is 0 Å². The number of rotatable bonds is 4. The van der Waals surface area contributed by atoms with Crippen LogP contribution in [0.4, 0.5) is 5.69 Å². The summed E-state index contributed by atoms with van der Waals surface area (Å²) in [6.07, 6.45) is 2.03. The van der Waals surface area contributed by atoms with Crippen molar-refractivity contribution in [2.45, 2.75) is 46.1 Å². The van der Waals surface area contributed by atoms with Crippen LogP contribution in [0.5, 0.6) is 0 Å². The monoisotopic (exact) mass is 250 g/mol. The number of nitrogens with one attached hydrogen (secondary N) is 2. The van der Waals surface area contributed by atoms with E-state index in [0.717, 1.165) is 18.5 Å². The lowest BCUT2D eigenvalue weighted by atomic mass is 10.0. The Bertz CT molecular complexity index is 386. The second-order valence-electron chi connectivity index (χ2n) is 4.83. The first-order valence-electron chi connectivity index (χ1n) is 6.15. The third kappa shape index (κ3) is 4.35. The SMILES string of the molecule is CCc1ccccc1NC(=S)NC(C)(C)CC. The zero-order valence-electron chi connectivity index (χ0n) is 11.1. The van der Waals surface area contributed by atoms with Gasteiger partial charge in [-0.05, 0) is 50.5 Å². The third-order valence-corrected chi connectivity index (χ3v) is 3.19. The molecular weight excluding hydrogens is 228 g/mol. The van der Waals surface area contributed by atoms with Gasteiger partial charge in [-0.25, -0.2) is 0 Å². The van der Waals surface area contributed by atoms with Gasteiger partial charge in [0.2, 0.25) is 0 Å². The zero-order chi connectivity index (χ0) is 12.9. The molecule has 0 heterocycles. The van der Waals surface area contributed by atoms with Crippen LogP contribution in [0.1, 0.15) is 39.7 Å². The highest BCUT2D eigenvalue weighted by molar-refractivity contribution is 7.80. The lowest BCUT2D eigenvalue weighted by Crippen LogP contribution is -2.44. The second kappa shape index (κ2) is 6.01. The van der Waals surface area contributed by atoms with Gasteiger partial charge >= 0.3 is 0 Å². The van der Waals surface area contributed by atoms with Gasteiger partial charge in [-0.1, -0.05) is 32.0 Å². The molecule has 0 amide bonds. The average Bonchev–Trinajstić information content (AvgIpc) is 2.29. The number of hydrogen-bond acceptors (Lipinski definition) is 1. The maximum Gasteiger partial charge on any atom is 0.171 e. The van der Waals surface area contributed by atoms with Crippen LogP contribution in [-0.4, -0.2) is 10.7 Å². The summed E-state index contributed by atoms with van der Waals surface area (Å²) in [5.41, 5.74) is 2.41. The van der Waals surface area contributed by atoms with Crippen molar-refractivity contribution in [1.29, 1.82) is 0 Å². The highest BCUT2D eigenvalue weighted by Gasteiger charge is 2.15. The van der Waals surface area contributed by atoms with Crippen molar-refractivity contribution in [2.75, 3.05) is 5.32 Å². The van der Waals surface area contributed by atoms with Gasteiger partial charge < -0.3 is 10.6 Å². The van der Waals surface area contributed by atoms with E-state index in [1.807, 2.05) is 6.07 Å². The normalized spacial score (nSPS) is 11.1. The lowest BCUT2D eigenvalue weighted by molar-refractivity contribution is 0.448. The molecule has 3 heteroatoms. The number of benzene rings is 1. The Morgan fingerprint density at radius 2 is 1.88 bits per heavy atom. The van der Waals surface area contributed by atoms with Crippen LogP contribution in [0.3, 0.4) is 0 Å². The maximum atomic E-state index is 5.34. The Labute approximate surface area is 110 Å². The predicted octanol–water partition coefficient (Wildman–Crippen LogP) is 3.72. The Balaban J connectivity index is 2.68. The van der Waals surface area contributed by atoms with Crippen molar-refractivity contribution in [3.63, 3.8) is 0 Å². The minimum absolute atomic E-state index is 0.0330. The van der Waals surface area contributed by atoms with Crippen molar-refractivity contribution < 1.29 is 0 Å². The van der Waals surface area contributed by atoms with Crippen LogP contribution >= 0.6 is 12.2 Å². The molecule has 0 saturated carbocycles. The molecule has 0 aliphatic heterocycles. The highest BCUT2D eigenvalue weighted by Crippen LogP contribution is 2.16. The first kappa shape index (κ1) is 14.0. The van der Waals surface area contributed by atoms with E-state index in [-0.39, 0.29) is 5.54 Å². The molecular formula is C14H22N2S. The third-order valence-electron chi connectivity index (χ3n) is 2.98. The molecule has 2 N–H and O–H groups in total. The van der Waals surface area contributed by atoms with Crippen LogP contribution < -0.4 is 10.6 Å². The van der Waals surface area contributed by atoms with Gasteiger partial charge in [-0.15, -0.1) is 0 Å². The number of aryl methyl sites for hydroxylation is 1. The lowest BCUT2D eigenvalue weighted by Gasteiger charge is -2.26. The molecule has 0 aliphatic carbocycles. The van der Waals surface area contributed by atoms with Gasteiger partial charge in [0.05, 0.1) is 0 Å². The van der Waals surface area contributed by atoms with Crippen molar-refractivity contribution in [3.05, 3.63) is 29.8 Å². The largest absolute Gasteiger partial charge is 0.358 e. The molecule has 0 radical (unpaired) electrons. The van der Waals surface area contributed by atoms with E-state index in [1.54, 1.807) is 0 Å². The average molecular weight is 250 g/mol. The van der Waals surface area contributed by atoms with Gasteiger partial charge in [-0.2, -0.15) is 0 Å². The van der Waals surface area contributed by atoms with Gasteiger partial charge in [0, 0.05) is 11.2 Å². The number of hydrogen-bond donors (Lipinski definition) is 2. The second-order valence-corrected chi connectivity index (χ2v) is 5.24. The molecule has 0 saturated heterocycles. The molecule has 94 valence electrons. The standard InChI is InChI=1S/C14H22N2S/c1-5-11-9-7-8-10-12(11)15-13(17)16-14(3,4)6-2/h7-10H,5-6H2,1-4H3,(H2,15,16,17). The van der Waals surface area contributed by atoms with E-state index < -0.39 is 0 Å². The first-order chi connectivity index (χ1) is 7.98. The minimum Gasteiger partial charge on any atom is -0.358 e. The van der Waals surface area contributed by atoms with Crippen molar-refractivity contribution in [2.24, 2.45) is 0 Å². The molecule has 0 aliphatic rings. The van der Waals surface area contributed by atoms with E-state index >= 15 is 0 Å². The summed E-state index contributed by atoms with van der Waals surface area (Å²) in [6, 6.07) is 8.26. The van der Waals surface area contributed by atoms with Crippen LogP contribution in [0, 0.1) is 0 Å². The Morgan fingerprint density at radius 3 is 2.47 bits per heavy atom. The molecule has 17 heavy (non-hydrogen) atoms. The molecule has 0 bridgehead atoms.